The molecule has 0 aromatic heterocycles. The van der Waals surface area contributed by atoms with Gasteiger partial charge in [-0.25, -0.2) is 9.13 Å². The maximum atomic E-state index is 13.1. The Kier molecular flexibility index (Phi) is 71.0. The van der Waals surface area contributed by atoms with Crippen molar-refractivity contribution in [1.82, 2.24) is 0 Å². The highest BCUT2D eigenvalue weighted by molar-refractivity contribution is 7.47. The third-order valence-corrected chi connectivity index (χ3v) is 19.9. The lowest BCUT2D eigenvalue weighted by Crippen LogP contribution is -2.30. The minimum Gasteiger partial charge on any atom is -0.462 e. The molecule has 0 rings (SSSR count). The number of aliphatic hydroxyl groups is 1. The summed E-state index contributed by atoms with van der Waals surface area (Å²) in [7, 11) is -9.92. The van der Waals surface area contributed by atoms with Crippen LogP contribution in [0.3, 0.4) is 0 Å². The second kappa shape index (κ2) is 72.9. The summed E-state index contributed by atoms with van der Waals surface area (Å²) in [5.41, 5.74) is 0. The fourth-order valence-electron chi connectivity index (χ4n) is 11.7. The number of hydrogen-bond acceptors (Lipinski definition) is 15. The lowest BCUT2D eigenvalue weighted by atomic mass is 10.0. The number of ether oxygens (including phenoxy) is 4. The molecule has 0 saturated heterocycles. The van der Waals surface area contributed by atoms with Crippen LogP contribution in [0.2, 0.25) is 0 Å². The van der Waals surface area contributed by atoms with Crippen LogP contribution in [-0.2, 0) is 65.4 Å². The van der Waals surface area contributed by atoms with Crippen LogP contribution in [0, 0.1) is 0 Å². The number of rotatable bonds is 78. The first kappa shape index (κ1) is 95.5. The number of unbranched alkanes of at least 4 members (excludes halogenated alkanes) is 49. The van der Waals surface area contributed by atoms with Gasteiger partial charge in [0.05, 0.1) is 26.4 Å². The molecule has 0 aromatic rings. The zero-order valence-corrected chi connectivity index (χ0v) is 65.0. The van der Waals surface area contributed by atoms with Crippen LogP contribution in [-0.4, -0.2) is 96.7 Å². The van der Waals surface area contributed by atoms with E-state index in [1.165, 1.54) is 199 Å². The zero-order chi connectivity index (χ0) is 71.8. The molecule has 578 valence electrons. The summed E-state index contributed by atoms with van der Waals surface area (Å²) in [6.07, 6.45) is 67.6. The van der Waals surface area contributed by atoms with Crippen molar-refractivity contribution < 1.29 is 80.2 Å². The van der Waals surface area contributed by atoms with Crippen LogP contribution in [0.4, 0.5) is 0 Å². The highest BCUT2D eigenvalue weighted by Crippen LogP contribution is 2.45. The van der Waals surface area contributed by atoms with Crippen molar-refractivity contribution in [3.63, 3.8) is 0 Å². The van der Waals surface area contributed by atoms with Crippen LogP contribution in [0.1, 0.15) is 400 Å². The fraction of sp³-hybridized carbons (Fsp3) is 0.899. The Balaban J connectivity index is 5.18. The Morgan fingerprint density at radius 3 is 0.745 bits per heavy atom. The third-order valence-electron chi connectivity index (χ3n) is 18.0. The zero-order valence-electron chi connectivity index (χ0n) is 63.2. The van der Waals surface area contributed by atoms with Gasteiger partial charge in [0.15, 0.2) is 12.2 Å². The smallest absolute Gasteiger partial charge is 0.462 e. The average molecular weight is 1430 g/mol. The topological polar surface area (TPSA) is 237 Å². The summed E-state index contributed by atoms with van der Waals surface area (Å²) in [6, 6.07) is 0. The van der Waals surface area contributed by atoms with Gasteiger partial charge in [-0.15, -0.1) is 0 Å². The Morgan fingerprint density at radius 1 is 0.286 bits per heavy atom. The summed E-state index contributed by atoms with van der Waals surface area (Å²) in [5.74, 6) is -2.14. The van der Waals surface area contributed by atoms with E-state index in [-0.39, 0.29) is 25.7 Å². The van der Waals surface area contributed by atoms with Crippen molar-refractivity contribution in [2.75, 3.05) is 39.6 Å². The fourth-order valence-corrected chi connectivity index (χ4v) is 13.3. The molecule has 0 amide bonds. The predicted molar refractivity (Wildman–Crippen MR) is 400 cm³/mol. The number of carbonyl (C=O) groups is 4. The van der Waals surface area contributed by atoms with Crippen LogP contribution >= 0.6 is 15.6 Å². The van der Waals surface area contributed by atoms with Gasteiger partial charge in [0.25, 0.3) is 0 Å². The maximum absolute atomic E-state index is 13.1. The minimum absolute atomic E-state index is 0.102. The average Bonchev–Trinajstić information content (AvgIpc) is 1.00. The number of esters is 4. The molecule has 0 saturated carbocycles. The lowest BCUT2D eigenvalue weighted by molar-refractivity contribution is -0.161. The van der Waals surface area contributed by atoms with Gasteiger partial charge in [-0.05, 0) is 51.4 Å². The first-order valence-electron chi connectivity index (χ1n) is 40.6. The van der Waals surface area contributed by atoms with Crippen LogP contribution in [0.5, 0.6) is 0 Å². The van der Waals surface area contributed by atoms with Gasteiger partial charge < -0.3 is 33.8 Å². The molecule has 5 atom stereocenters. The number of carbonyl (C=O) groups excluding carboxylic acids is 4. The summed E-state index contributed by atoms with van der Waals surface area (Å²) in [5, 5.41) is 10.6. The number of allylic oxidation sites excluding steroid dienone is 4. The maximum Gasteiger partial charge on any atom is 0.472 e. The largest absolute Gasteiger partial charge is 0.472 e. The molecule has 0 radical (unpaired) electrons. The molecule has 3 N–H and O–H groups in total. The number of phosphoric acid groups is 2. The first-order chi connectivity index (χ1) is 47.7. The number of aliphatic hydroxyl groups excluding tert-OH is 1. The molecule has 0 bridgehead atoms. The van der Waals surface area contributed by atoms with E-state index in [1.807, 2.05) is 0 Å². The molecule has 0 aliphatic heterocycles. The Morgan fingerprint density at radius 2 is 0.490 bits per heavy atom. The van der Waals surface area contributed by atoms with Crippen molar-refractivity contribution >= 4 is 39.5 Å². The lowest BCUT2D eigenvalue weighted by Gasteiger charge is -2.21. The second-order valence-corrected chi connectivity index (χ2v) is 30.7. The highest BCUT2D eigenvalue weighted by Gasteiger charge is 2.30. The summed E-state index contributed by atoms with van der Waals surface area (Å²) in [6.45, 7) is 4.90. The van der Waals surface area contributed by atoms with E-state index < -0.39 is 97.5 Å². The molecule has 0 aliphatic rings. The van der Waals surface area contributed by atoms with Gasteiger partial charge in [0, 0.05) is 25.7 Å². The Bertz CT molecular complexity index is 1950. The third kappa shape index (κ3) is 71.9. The summed E-state index contributed by atoms with van der Waals surface area (Å²) >= 11 is 0. The summed E-state index contributed by atoms with van der Waals surface area (Å²) < 4.78 is 68.5. The predicted octanol–water partition coefficient (Wildman–Crippen LogP) is 23.3. The molecule has 17 nitrogen and oxygen atoms in total. The van der Waals surface area contributed by atoms with Gasteiger partial charge in [-0.1, -0.05) is 347 Å². The van der Waals surface area contributed by atoms with Crippen LogP contribution < -0.4 is 0 Å². The van der Waals surface area contributed by atoms with Crippen molar-refractivity contribution in [3.8, 4) is 0 Å². The minimum atomic E-state index is -4.96. The molecular weight excluding hydrogens is 1280 g/mol. The van der Waals surface area contributed by atoms with Gasteiger partial charge in [-0.2, -0.15) is 0 Å². The van der Waals surface area contributed by atoms with Gasteiger partial charge in [-0.3, -0.25) is 37.3 Å². The van der Waals surface area contributed by atoms with Gasteiger partial charge in [0.2, 0.25) is 0 Å². The molecule has 2 unspecified atom stereocenters. The summed E-state index contributed by atoms with van der Waals surface area (Å²) in [4.78, 5) is 72.7. The molecule has 0 spiro atoms. The molecule has 0 aliphatic carbocycles. The SMILES string of the molecule is CCCCCC/C=C\C=C/CCCCCCCC(=O)OC[C@H](COP(=O)(O)OC[C@@H](O)COP(=O)(O)OC[C@@H](COC(=O)CCCCCCCCC)OC(=O)CCCCCCCCCCCCCCCC)OC(=O)CCCCCCCCCCCCCCCCCCCCCCCC. The molecule has 0 heterocycles. The molecule has 0 fully saturated rings. The van der Waals surface area contributed by atoms with E-state index in [0.717, 1.165) is 122 Å². The quantitative estimate of drug-likeness (QED) is 0.0169. The Labute approximate surface area is 599 Å². The van der Waals surface area contributed by atoms with Crippen molar-refractivity contribution in [3.05, 3.63) is 24.3 Å². The van der Waals surface area contributed by atoms with Crippen LogP contribution in [0.25, 0.3) is 0 Å². The molecular formula is C79H150O17P2. The van der Waals surface area contributed by atoms with Crippen molar-refractivity contribution in [1.29, 1.82) is 0 Å². The number of hydrogen-bond donors (Lipinski definition) is 3. The van der Waals surface area contributed by atoms with E-state index in [2.05, 4.69) is 52.0 Å². The monoisotopic (exact) mass is 1430 g/mol. The highest BCUT2D eigenvalue weighted by atomic mass is 31.2. The molecule has 0 aromatic carbocycles. The van der Waals surface area contributed by atoms with Gasteiger partial charge >= 0.3 is 39.5 Å². The van der Waals surface area contributed by atoms with E-state index in [1.54, 1.807) is 0 Å². The Hall–Kier alpha value is -2.46. The van der Waals surface area contributed by atoms with E-state index in [9.17, 15) is 43.2 Å². The van der Waals surface area contributed by atoms with Crippen LogP contribution in [0.15, 0.2) is 24.3 Å². The van der Waals surface area contributed by atoms with Gasteiger partial charge in [0.1, 0.15) is 19.3 Å². The normalized spacial score (nSPS) is 14.0. The molecule has 19 heteroatoms. The molecule has 98 heavy (non-hydrogen) atoms. The van der Waals surface area contributed by atoms with Crippen molar-refractivity contribution in [2.45, 2.75) is 418 Å². The van der Waals surface area contributed by atoms with Crippen molar-refractivity contribution in [2.24, 2.45) is 0 Å². The van der Waals surface area contributed by atoms with E-state index in [4.69, 9.17) is 37.0 Å². The standard InChI is InChI=1S/C79H150O17P2/c1-5-9-13-17-21-24-27-30-33-34-35-36-37-38-39-41-44-47-50-54-58-62-66-79(84)96-75(70-90-77(82)64-60-56-52-48-45-43-40-31-28-25-22-18-14-10-6-2)72-94-98(87,88)92-68-73(80)67-91-97(85,86)93-71-74(69-89-76(81)63-59-55-51-20-16-12-8-4)95-78(83)65-61-57-53-49-46-42-32-29-26-23-19-15-11-7-3/h25,28,31,40,73-75,80H,5-24,26-27,29-30,32-39,41-72H2,1-4H3,(H,85,86)(H,87,88)/b28-25-,40-31-/t73-,74+,75+/m0/s1. The first-order valence-corrected chi connectivity index (χ1v) is 43.6. The number of phosphoric ester groups is 2. The second-order valence-electron chi connectivity index (χ2n) is 27.8. The van der Waals surface area contributed by atoms with E-state index in [0.29, 0.717) is 25.7 Å². The van der Waals surface area contributed by atoms with E-state index >= 15 is 0 Å².